The Balaban J connectivity index is 1.58. The van der Waals surface area contributed by atoms with Crippen molar-refractivity contribution in [1.29, 1.82) is 0 Å². The van der Waals surface area contributed by atoms with Crippen LogP contribution in [-0.4, -0.2) is 48.4 Å². The van der Waals surface area contributed by atoms with Crippen LogP contribution in [0.5, 0.6) is 0 Å². The van der Waals surface area contributed by atoms with Crippen LogP contribution in [0, 0.1) is 5.92 Å². The molecule has 2 fully saturated rings. The van der Waals surface area contributed by atoms with Crippen LogP contribution in [0.3, 0.4) is 0 Å². The van der Waals surface area contributed by atoms with E-state index in [1.165, 1.54) is 19.4 Å². The van der Waals surface area contributed by atoms with Crippen molar-refractivity contribution in [3.63, 3.8) is 0 Å². The number of piperazine rings is 1. The van der Waals surface area contributed by atoms with Gasteiger partial charge in [-0.25, -0.2) is 0 Å². The third-order valence-corrected chi connectivity index (χ3v) is 5.27. The smallest absolute Gasteiger partial charge is 0.253 e. The molecule has 0 atom stereocenters. The van der Waals surface area contributed by atoms with Gasteiger partial charge in [0, 0.05) is 42.8 Å². The largest absolute Gasteiger partial charge is 0.336 e. The fourth-order valence-electron chi connectivity index (χ4n) is 2.61. The first-order valence-corrected chi connectivity index (χ1v) is 8.27. The van der Waals surface area contributed by atoms with E-state index in [1.54, 1.807) is 6.07 Å². The van der Waals surface area contributed by atoms with Gasteiger partial charge in [0.2, 0.25) is 0 Å². The molecule has 0 unspecified atom stereocenters. The van der Waals surface area contributed by atoms with E-state index in [2.05, 4.69) is 20.8 Å². The van der Waals surface area contributed by atoms with E-state index < -0.39 is 0 Å². The highest BCUT2D eigenvalue weighted by molar-refractivity contribution is 9.10. The molecule has 1 amide bonds. The summed E-state index contributed by atoms with van der Waals surface area (Å²) < 4.78 is 0.824. The van der Waals surface area contributed by atoms with Gasteiger partial charge in [0.1, 0.15) is 0 Å². The monoisotopic (exact) mass is 356 g/mol. The molecule has 0 spiro atoms. The van der Waals surface area contributed by atoms with Gasteiger partial charge in [-0.1, -0.05) is 11.6 Å². The summed E-state index contributed by atoms with van der Waals surface area (Å²) in [6, 6.07) is 5.40. The average molecular weight is 358 g/mol. The van der Waals surface area contributed by atoms with Crippen LogP contribution in [-0.2, 0) is 0 Å². The lowest BCUT2D eigenvalue weighted by Gasteiger charge is -2.34. The number of nitrogens with zero attached hydrogens (tertiary/aromatic N) is 2. The van der Waals surface area contributed by atoms with Crippen LogP contribution in [0.2, 0.25) is 5.02 Å². The Kier molecular flexibility index (Phi) is 4.34. The Labute approximate surface area is 133 Å². The molecular weight excluding hydrogens is 340 g/mol. The van der Waals surface area contributed by atoms with Crippen molar-refractivity contribution < 1.29 is 4.79 Å². The van der Waals surface area contributed by atoms with Gasteiger partial charge < -0.3 is 4.90 Å². The van der Waals surface area contributed by atoms with Crippen molar-refractivity contribution >= 4 is 33.4 Å². The number of halogens is 2. The third-order valence-electron chi connectivity index (χ3n) is 4.04. The summed E-state index contributed by atoms with van der Waals surface area (Å²) in [6.07, 6.45) is 2.77. The summed E-state index contributed by atoms with van der Waals surface area (Å²) in [6.45, 7) is 4.84. The van der Waals surface area contributed by atoms with E-state index >= 15 is 0 Å². The SMILES string of the molecule is O=C(c1ccc(Br)c(Cl)c1)N1CCN(CC2CC2)CC1. The maximum atomic E-state index is 12.4. The lowest BCUT2D eigenvalue weighted by atomic mass is 10.2. The number of rotatable bonds is 3. The Morgan fingerprint density at radius 3 is 2.55 bits per heavy atom. The molecule has 1 aromatic rings. The Bertz CT molecular complexity index is 511. The predicted octanol–water partition coefficient (Wildman–Crippen LogP) is 3.27. The maximum absolute atomic E-state index is 12.4. The van der Waals surface area contributed by atoms with E-state index in [1.807, 2.05) is 17.0 Å². The molecule has 3 nitrogen and oxygen atoms in total. The quantitative estimate of drug-likeness (QED) is 0.829. The summed E-state index contributed by atoms with van der Waals surface area (Å²) in [5.41, 5.74) is 0.675. The van der Waals surface area contributed by atoms with Gasteiger partial charge in [0.25, 0.3) is 5.91 Å². The number of hydrogen-bond donors (Lipinski definition) is 0. The van der Waals surface area contributed by atoms with Crippen LogP contribution in [0.1, 0.15) is 23.2 Å². The number of carbonyl (C=O) groups is 1. The first kappa shape index (κ1) is 14.4. The zero-order valence-electron chi connectivity index (χ0n) is 11.3. The molecule has 108 valence electrons. The van der Waals surface area contributed by atoms with Gasteiger partial charge >= 0.3 is 0 Å². The summed E-state index contributed by atoms with van der Waals surface area (Å²) in [7, 11) is 0. The highest BCUT2D eigenvalue weighted by atomic mass is 79.9. The zero-order chi connectivity index (χ0) is 14.1. The fraction of sp³-hybridized carbons (Fsp3) is 0.533. The van der Waals surface area contributed by atoms with E-state index in [-0.39, 0.29) is 5.91 Å². The maximum Gasteiger partial charge on any atom is 0.253 e. The van der Waals surface area contributed by atoms with Gasteiger partial charge in [-0.2, -0.15) is 0 Å². The second kappa shape index (κ2) is 6.04. The molecule has 0 N–H and O–H groups in total. The summed E-state index contributed by atoms with van der Waals surface area (Å²) >= 11 is 9.41. The van der Waals surface area contributed by atoms with Gasteiger partial charge in [0.15, 0.2) is 0 Å². The van der Waals surface area contributed by atoms with Gasteiger partial charge in [-0.3, -0.25) is 9.69 Å². The fourth-order valence-corrected chi connectivity index (χ4v) is 3.04. The summed E-state index contributed by atoms with van der Waals surface area (Å²) in [5.74, 6) is 1.01. The zero-order valence-corrected chi connectivity index (χ0v) is 13.7. The highest BCUT2D eigenvalue weighted by Gasteiger charge is 2.27. The number of amides is 1. The van der Waals surface area contributed by atoms with E-state index in [0.29, 0.717) is 10.6 Å². The third kappa shape index (κ3) is 3.35. The van der Waals surface area contributed by atoms with Crippen LogP contribution in [0.15, 0.2) is 22.7 Å². The first-order chi connectivity index (χ1) is 9.63. The Morgan fingerprint density at radius 2 is 1.95 bits per heavy atom. The van der Waals surface area contributed by atoms with Crippen molar-refractivity contribution in [1.82, 2.24) is 9.80 Å². The van der Waals surface area contributed by atoms with Crippen molar-refractivity contribution in [2.45, 2.75) is 12.8 Å². The highest BCUT2D eigenvalue weighted by Crippen LogP contribution is 2.30. The minimum atomic E-state index is 0.0884. The van der Waals surface area contributed by atoms with Crippen LogP contribution < -0.4 is 0 Å². The van der Waals surface area contributed by atoms with Crippen LogP contribution in [0.25, 0.3) is 0 Å². The molecule has 0 bridgehead atoms. The van der Waals surface area contributed by atoms with Gasteiger partial charge in [-0.15, -0.1) is 0 Å². The lowest BCUT2D eigenvalue weighted by molar-refractivity contribution is 0.0632. The molecule has 0 radical (unpaired) electrons. The van der Waals surface area contributed by atoms with E-state index in [0.717, 1.165) is 36.6 Å². The number of benzene rings is 1. The standard InChI is InChI=1S/C15H18BrClN2O/c16-13-4-3-12(9-14(13)17)15(20)19-7-5-18(6-8-19)10-11-1-2-11/h3-4,9,11H,1-2,5-8,10H2. The van der Waals surface area contributed by atoms with Crippen LogP contribution >= 0.6 is 27.5 Å². The van der Waals surface area contributed by atoms with Gasteiger partial charge in [0.05, 0.1) is 5.02 Å². The summed E-state index contributed by atoms with van der Waals surface area (Å²) in [5, 5.41) is 0.586. The molecule has 1 saturated heterocycles. The van der Waals surface area contributed by atoms with Crippen molar-refractivity contribution in [3.05, 3.63) is 33.3 Å². The normalized spacial score (nSPS) is 20.2. The molecule has 1 aliphatic carbocycles. The van der Waals surface area contributed by atoms with E-state index in [9.17, 15) is 4.79 Å². The van der Waals surface area contributed by atoms with Crippen molar-refractivity contribution in [2.24, 2.45) is 5.92 Å². The lowest BCUT2D eigenvalue weighted by Crippen LogP contribution is -2.49. The predicted molar refractivity (Wildman–Crippen MR) is 84.2 cm³/mol. The number of carbonyl (C=O) groups excluding carboxylic acids is 1. The van der Waals surface area contributed by atoms with Crippen molar-refractivity contribution in [2.75, 3.05) is 32.7 Å². The van der Waals surface area contributed by atoms with Crippen LogP contribution in [0.4, 0.5) is 0 Å². The Hall–Kier alpha value is -0.580. The summed E-state index contributed by atoms with van der Waals surface area (Å²) in [4.78, 5) is 16.9. The molecule has 1 saturated carbocycles. The van der Waals surface area contributed by atoms with Gasteiger partial charge in [-0.05, 0) is 52.9 Å². The van der Waals surface area contributed by atoms with E-state index in [4.69, 9.17) is 11.6 Å². The molecule has 2 aliphatic rings. The molecular formula is C15H18BrClN2O. The molecule has 5 heteroatoms. The Morgan fingerprint density at radius 1 is 1.25 bits per heavy atom. The molecule has 1 heterocycles. The minimum absolute atomic E-state index is 0.0884. The van der Waals surface area contributed by atoms with Crippen molar-refractivity contribution in [3.8, 4) is 0 Å². The number of hydrogen-bond acceptors (Lipinski definition) is 2. The molecule has 0 aromatic heterocycles. The second-order valence-electron chi connectivity index (χ2n) is 5.67. The topological polar surface area (TPSA) is 23.6 Å². The molecule has 1 aromatic carbocycles. The molecule has 20 heavy (non-hydrogen) atoms. The minimum Gasteiger partial charge on any atom is -0.336 e. The first-order valence-electron chi connectivity index (χ1n) is 7.10. The molecule has 3 rings (SSSR count). The molecule has 1 aliphatic heterocycles. The average Bonchev–Trinajstić information content (AvgIpc) is 3.26. The second-order valence-corrected chi connectivity index (χ2v) is 6.93.